The van der Waals surface area contributed by atoms with Crippen LogP contribution in [0.25, 0.3) is 0 Å². The van der Waals surface area contributed by atoms with E-state index >= 15 is 0 Å². The van der Waals surface area contributed by atoms with Crippen molar-refractivity contribution in [2.75, 3.05) is 7.05 Å². The van der Waals surface area contributed by atoms with Crippen LogP contribution in [-0.2, 0) is 0 Å². The largest absolute Gasteiger partial charge is 0.300 e. The predicted octanol–water partition coefficient (Wildman–Crippen LogP) is 2.19. The number of hydrazine groups is 1. The Morgan fingerprint density at radius 3 is 2.56 bits per heavy atom. The van der Waals surface area contributed by atoms with Gasteiger partial charge in [0, 0.05) is 18.1 Å². The van der Waals surface area contributed by atoms with E-state index in [1.807, 2.05) is 0 Å². The van der Waals surface area contributed by atoms with Crippen LogP contribution in [0.2, 0.25) is 0 Å². The van der Waals surface area contributed by atoms with Crippen molar-refractivity contribution >= 4 is 0 Å². The van der Waals surface area contributed by atoms with Crippen molar-refractivity contribution in [2.24, 2.45) is 11.8 Å². The Morgan fingerprint density at radius 2 is 2.00 bits per heavy atom. The normalized spacial score (nSPS) is 38.6. The first kappa shape index (κ1) is 12.6. The number of nitrogens with two attached hydrogens (primary N) is 1. The minimum atomic E-state index is 0.446. The number of nitrogens with one attached hydrogen (secondary N) is 1. The van der Waals surface area contributed by atoms with Crippen LogP contribution in [0.1, 0.15) is 51.4 Å². The standard InChI is InChI=1S/C15H27N3/c1-18-13-7-8-14(18)10-12(9-13)15(17-16)11-5-3-2-4-6-11/h5,12-15,17H,2-4,6-10,16H2,1H3. The van der Waals surface area contributed by atoms with Crippen LogP contribution in [0.3, 0.4) is 0 Å². The lowest BCUT2D eigenvalue weighted by molar-refractivity contribution is 0.118. The molecule has 2 saturated heterocycles. The van der Waals surface area contributed by atoms with Crippen molar-refractivity contribution in [1.29, 1.82) is 0 Å². The monoisotopic (exact) mass is 249 g/mol. The highest BCUT2D eigenvalue weighted by molar-refractivity contribution is 5.16. The maximum atomic E-state index is 5.88. The highest BCUT2D eigenvalue weighted by Crippen LogP contribution is 2.40. The van der Waals surface area contributed by atoms with E-state index in [0.717, 1.165) is 18.0 Å². The first-order chi connectivity index (χ1) is 8.79. The van der Waals surface area contributed by atoms with Crippen LogP contribution in [0.15, 0.2) is 11.6 Å². The minimum Gasteiger partial charge on any atom is -0.300 e. The van der Waals surface area contributed by atoms with Crippen LogP contribution < -0.4 is 11.3 Å². The van der Waals surface area contributed by atoms with Crippen LogP contribution in [-0.4, -0.2) is 30.1 Å². The van der Waals surface area contributed by atoms with Gasteiger partial charge in [0.2, 0.25) is 0 Å². The van der Waals surface area contributed by atoms with Crippen molar-refractivity contribution < 1.29 is 0 Å². The second kappa shape index (κ2) is 5.32. The van der Waals surface area contributed by atoms with Gasteiger partial charge in [-0.2, -0.15) is 0 Å². The van der Waals surface area contributed by atoms with Gasteiger partial charge >= 0.3 is 0 Å². The highest BCUT2D eigenvalue weighted by atomic mass is 15.2. The van der Waals surface area contributed by atoms with Crippen LogP contribution >= 0.6 is 0 Å². The fourth-order valence-electron chi connectivity index (χ4n) is 4.42. The number of hydrogen-bond acceptors (Lipinski definition) is 3. The second-order valence-electron chi connectivity index (χ2n) is 6.45. The summed E-state index contributed by atoms with van der Waals surface area (Å²) in [5, 5.41) is 0. The van der Waals surface area contributed by atoms with E-state index in [9.17, 15) is 0 Å². The molecule has 102 valence electrons. The van der Waals surface area contributed by atoms with Crippen molar-refractivity contribution in [3.63, 3.8) is 0 Å². The number of hydrogen-bond donors (Lipinski definition) is 2. The fraction of sp³-hybridized carbons (Fsp3) is 0.867. The molecule has 0 saturated carbocycles. The smallest absolute Gasteiger partial charge is 0.0449 e. The van der Waals surface area contributed by atoms with E-state index in [1.165, 1.54) is 51.4 Å². The van der Waals surface area contributed by atoms with Crippen molar-refractivity contribution in [2.45, 2.75) is 69.5 Å². The lowest BCUT2D eigenvalue weighted by atomic mass is 9.79. The number of fused-ring (bicyclic) bond motifs is 2. The Kier molecular flexibility index (Phi) is 3.73. The molecule has 3 rings (SSSR count). The second-order valence-corrected chi connectivity index (χ2v) is 6.45. The van der Waals surface area contributed by atoms with E-state index in [0.29, 0.717) is 6.04 Å². The Morgan fingerprint density at radius 1 is 1.28 bits per heavy atom. The van der Waals surface area contributed by atoms with Gasteiger partial charge < -0.3 is 4.90 Å². The quantitative estimate of drug-likeness (QED) is 0.458. The third-order valence-electron chi connectivity index (χ3n) is 5.51. The molecule has 3 aliphatic rings. The zero-order chi connectivity index (χ0) is 12.5. The summed E-state index contributed by atoms with van der Waals surface area (Å²) in [6.45, 7) is 0. The third kappa shape index (κ3) is 2.24. The molecule has 3 unspecified atom stereocenters. The number of allylic oxidation sites excluding steroid dienone is 1. The topological polar surface area (TPSA) is 41.3 Å². The SMILES string of the molecule is CN1C2CCC1CC(C(NN)C1=CCCCC1)C2. The maximum absolute atomic E-state index is 5.88. The summed E-state index contributed by atoms with van der Waals surface area (Å²) in [5.74, 6) is 6.63. The van der Waals surface area contributed by atoms with E-state index in [-0.39, 0.29) is 0 Å². The maximum Gasteiger partial charge on any atom is 0.0449 e. The minimum absolute atomic E-state index is 0.446. The molecule has 0 amide bonds. The van der Waals surface area contributed by atoms with Gasteiger partial charge in [0.1, 0.15) is 0 Å². The molecule has 18 heavy (non-hydrogen) atoms. The lowest BCUT2D eigenvalue weighted by Crippen LogP contribution is -2.49. The molecule has 3 nitrogen and oxygen atoms in total. The van der Waals surface area contributed by atoms with Gasteiger partial charge in [-0.3, -0.25) is 11.3 Å². The molecule has 0 aromatic rings. The van der Waals surface area contributed by atoms with E-state index in [4.69, 9.17) is 5.84 Å². The number of nitrogens with zero attached hydrogens (tertiary/aromatic N) is 1. The Hall–Kier alpha value is -0.380. The molecule has 3 atom stereocenters. The summed E-state index contributed by atoms with van der Waals surface area (Å²) in [6, 6.07) is 2.07. The molecule has 3 N–H and O–H groups in total. The molecule has 0 spiro atoms. The van der Waals surface area contributed by atoms with Crippen LogP contribution in [0, 0.1) is 5.92 Å². The van der Waals surface area contributed by atoms with Crippen molar-refractivity contribution in [3.8, 4) is 0 Å². The first-order valence-electron chi connectivity index (χ1n) is 7.66. The molecule has 2 fully saturated rings. The summed E-state index contributed by atoms with van der Waals surface area (Å²) in [4.78, 5) is 2.61. The van der Waals surface area contributed by atoms with Gasteiger partial charge in [0.25, 0.3) is 0 Å². The van der Waals surface area contributed by atoms with Gasteiger partial charge in [-0.1, -0.05) is 11.6 Å². The lowest BCUT2D eigenvalue weighted by Gasteiger charge is -2.40. The summed E-state index contributed by atoms with van der Waals surface area (Å²) < 4.78 is 0. The third-order valence-corrected chi connectivity index (χ3v) is 5.51. The molecular weight excluding hydrogens is 222 g/mol. The van der Waals surface area contributed by atoms with Gasteiger partial charge in [-0.25, -0.2) is 0 Å². The molecule has 0 aromatic carbocycles. The van der Waals surface area contributed by atoms with Crippen LogP contribution in [0.4, 0.5) is 0 Å². The van der Waals surface area contributed by atoms with E-state index < -0.39 is 0 Å². The molecule has 2 heterocycles. The molecule has 0 aromatic heterocycles. The molecule has 2 bridgehead atoms. The average molecular weight is 249 g/mol. The summed E-state index contributed by atoms with van der Waals surface area (Å²) in [5.41, 5.74) is 4.73. The van der Waals surface area contributed by atoms with Gasteiger partial charge in [-0.15, -0.1) is 0 Å². The predicted molar refractivity (Wildman–Crippen MR) is 75.0 cm³/mol. The van der Waals surface area contributed by atoms with Gasteiger partial charge in [0.05, 0.1) is 0 Å². The molecule has 0 radical (unpaired) electrons. The highest BCUT2D eigenvalue weighted by Gasteiger charge is 2.41. The molecule has 1 aliphatic carbocycles. The Balaban J connectivity index is 1.71. The van der Waals surface area contributed by atoms with E-state index in [2.05, 4.69) is 23.4 Å². The van der Waals surface area contributed by atoms with Crippen LogP contribution in [0.5, 0.6) is 0 Å². The summed E-state index contributed by atoms with van der Waals surface area (Å²) in [7, 11) is 2.31. The van der Waals surface area contributed by atoms with Crippen molar-refractivity contribution in [1.82, 2.24) is 10.3 Å². The molecule has 2 aliphatic heterocycles. The zero-order valence-electron chi connectivity index (χ0n) is 11.6. The summed E-state index contributed by atoms with van der Waals surface area (Å²) >= 11 is 0. The van der Waals surface area contributed by atoms with Crippen molar-refractivity contribution in [3.05, 3.63) is 11.6 Å². The molecular formula is C15H27N3. The number of rotatable bonds is 3. The summed E-state index contributed by atoms with van der Waals surface area (Å²) in [6.07, 6.45) is 13.1. The Bertz CT molecular complexity index is 312. The Labute approximate surface area is 111 Å². The van der Waals surface area contributed by atoms with Gasteiger partial charge in [0.15, 0.2) is 0 Å². The zero-order valence-corrected chi connectivity index (χ0v) is 11.6. The molecule has 3 heteroatoms. The fourth-order valence-corrected chi connectivity index (χ4v) is 4.42. The average Bonchev–Trinajstić information content (AvgIpc) is 2.64. The first-order valence-corrected chi connectivity index (χ1v) is 7.66. The van der Waals surface area contributed by atoms with Gasteiger partial charge in [-0.05, 0) is 64.3 Å². The number of piperidine rings is 1. The van der Waals surface area contributed by atoms with E-state index in [1.54, 1.807) is 5.57 Å².